The van der Waals surface area contributed by atoms with E-state index in [1.807, 2.05) is 0 Å². The minimum absolute atomic E-state index is 0.108. The Bertz CT molecular complexity index is 431. The van der Waals surface area contributed by atoms with Crippen molar-refractivity contribution in [2.45, 2.75) is 6.10 Å². The van der Waals surface area contributed by atoms with Gasteiger partial charge in [0.2, 0.25) is 0 Å². The molecule has 0 aliphatic rings. The molecule has 0 amide bonds. The van der Waals surface area contributed by atoms with Gasteiger partial charge in [-0.2, -0.15) is 0 Å². The molecule has 0 radical (unpaired) electrons. The van der Waals surface area contributed by atoms with Crippen molar-refractivity contribution in [2.24, 2.45) is 0 Å². The maximum atomic E-state index is 13.3. The van der Waals surface area contributed by atoms with Crippen LogP contribution in [0.1, 0.15) is 0 Å². The van der Waals surface area contributed by atoms with Crippen molar-refractivity contribution in [3.63, 3.8) is 0 Å². The SMILES string of the molecule is O=[N+]([O-])c1cc(F)cc(F)c1NCC(O)CCl. The fourth-order valence-electron chi connectivity index (χ4n) is 1.15. The quantitative estimate of drug-likeness (QED) is 0.485. The van der Waals surface area contributed by atoms with Crippen LogP contribution in [0.3, 0.4) is 0 Å². The third-order valence-corrected chi connectivity index (χ3v) is 2.28. The normalized spacial score (nSPS) is 12.2. The number of aliphatic hydroxyl groups is 1. The molecule has 2 N–H and O–H groups in total. The summed E-state index contributed by atoms with van der Waals surface area (Å²) in [4.78, 5) is 9.67. The number of nitro benzene ring substituents is 1. The molecule has 0 aliphatic heterocycles. The van der Waals surface area contributed by atoms with Crippen molar-refractivity contribution < 1.29 is 18.8 Å². The smallest absolute Gasteiger partial charge is 0.298 e. The number of alkyl halides is 1. The number of benzene rings is 1. The molecule has 17 heavy (non-hydrogen) atoms. The van der Waals surface area contributed by atoms with Crippen molar-refractivity contribution >= 4 is 23.0 Å². The minimum Gasteiger partial charge on any atom is -0.390 e. The van der Waals surface area contributed by atoms with Crippen LogP contribution in [-0.2, 0) is 0 Å². The fourth-order valence-corrected chi connectivity index (χ4v) is 1.26. The number of rotatable bonds is 5. The highest BCUT2D eigenvalue weighted by Crippen LogP contribution is 2.28. The molecule has 0 heterocycles. The summed E-state index contributed by atoms with van der Waals surface area (Å²) in [6.45, 7) is -0.174. The zero-order valence-corrected chi connectivity index (χ0v) is 9.25. The topological polar surface area (TPSA) is 75.4 Å². The molecule has 1 aromatic rings. The van der Waals surface area contributed by atoms with Gasteiger partial charge in [0.25, 0.3) is 5.69 Å². The first kappa shape index (κ1) is 13.6. The Morgan fingerprint density at radius 2 is 2.18 bits per heavy atom. The summed E-state index contributed by atoms with van der Waals surface area (Å²) < 4.78 is 26.1. The highest BCUT2D eigenvalue weighted by atomic mass is 35.5. The first-order valence-electron chi connectivity index (χ1n) is 4.57. The van der Waals surface area contributed by atoms with E-state index in [4.69, 9.17) is 16.7 Å². The summed E-state index contributed by atoms with van der Waals surface area (Å²) in [5.41, 5.74) is -1.20. The molecule has 1 atom stereocenters. The summed E-state index contributed by atoms with van der Waals surface area (Å²) >= 11 is 5.31. The molecule has 0 saturated carbocycles. The van der Waals surface area contributed by atoms with Crippen molar-refractivity contribution in [1.29, 1.82) is 0 Å². The molecular weight excluding hydrogens is 258 g/mol. The highest BCUT2D eigenvalue weighted by Gasteiger charge is 2.20. The Morgan fingerprint density at radius 3 is 2.71 bits per heavy atom. The number of halogens is 3. The third kappa shape index (κ3) is 3.50. The molecular formula is C9H9ClF2N2O3. The molecule has 0 aromatic heterocycles. The Morgan fingerprint density at radius 1 is 1.53 bits per heavy atom. The molecule has 5 nitrogen and oxygen atoms in total. The molecule has 8 heteroatoms. The Hall–Kier alpha value is -1.47. The average Bonchev–Trinajstić information content (AvgIpc) is 2.26. The van der Waals surface area contributed by atoms with Gasteiger partial charge in [0.05, 0.1) is 23.0 Å². The largest absolute Gasteiger partial charge is 0.390 e. The number of nitrogens with one attached hydrogen (secondary N) is 1. The van der Waals surface area contributed by atoms with E-state index in [9.17, 15) is 18.9 Å². The average molecular weight is 267 g/mol. The fraction of sp³-hybridized carbons (Fsp3) is 0.333. The molecule has 0 spiro atoms. The van der Waals surface area contributed by atoms with Crippen molar-refractivity contribution in [3.05, 3.63) is 33.9 Å². The number of nitro groups is 1. The maximum Gasteiger partial charge on any atom is 0.298 e. The molecule has 0 bridgehead atoms. The Kier molecular flexibility index (Phi) is 4.59. The molecule has 1 rings (SSSR count). The standard InChI is InChI=1S/C9H9ClF2N2O3/c10-3-6(15)4-13-9-7(12)1-5(11)2-8(9)14(16)17/h1-2,6,13,15H,3-4H2. The van der Waals surface area contributed by atoms with Gasteiger partial charge in [-0.25, -0.2) is 8.78 Å². The lowest BCUT2D eigenvalue weighted by molar-refractivity contribution is -0.384. The van der Waals surface area contributed by atoms with Gasteiger partial charge in [-0.3, -0.25) is 10.1 Å². The number of aliphatic hydroxyl groups excluding tert-OH is 1. The summed E-state index contributed by atoms with van der Waals surface area (Å²) in [7, 11) is 0. The van der Waals surface area contributed by atoms with Crippen LogP contribution in [0.25, 0.3) is 0 Å². The minimum atomic E-state index is -1.10. The second-order valence-electron chi connectivity index (χ2n) is 3.23. The van der Waals surface area contributed by atoms with Crippen molar-refractivity contribution in [3.8, 4) is 0 Å². The van der Waals surface area contributed by atoms with Crippen molar-refractivity contribution in [1.82, 2.24) is 0 Å². The van der Waals surface area contributed by atoms with Gasteiger partial charge in [-0.15, -0.1) is 11.6 Å². The van der Waals surface area contributed by atoms with Crippen LogP contribution in [0.15, 0.2) is 12.1 Å². The van der Waals surface area contributed by atoms with Gasteiger partial charge in [0, 0.05) is 12.6 Å². The monoisotopic (exact) mass is 266 g/mol. The lowest BCUT2D eigenvalue weighted by Gasteiger charge is -2.11. The molecule has 0 fully saturated rings. The van der Waals surface area contributed by atoms with E-state index < -0.39 is 34.0 Å². The summed E-state index contributed by atoms with van der Waals surface area (Å²) in [5, 5.41) is 22.0. The maximum absolute atomic E-state index is 13.3. The van der Waals surface area contributed by atoms with E-state index in [2.05, 4.69) is 5.32 Å². The third-order valence-electron chi connectivity index (χ3n) is 1.92. The molecule has 0 saturated heterocycles. The first-order valence-corrected chi connectivity index (χ1v) is 5.10. The zero-order valence-electron chi connectivity index (χ0n) is 8.49. The first-order chi connectivity index (χ1) is 7.95. The van der Waals surface area contributed by atoms with Gasteiger partial charge in [-0.1, -0.05) is 0 Å². The van der Waals surface area contributed by atoms with Crippen LogP contribution in [0.2, 0.25) is 0 Å². The molecule has 1 unspecified atom stereocenters. The van der Waals surface area contributed by atoms with E-state index in [0.29, 0.717) is 12.1 Å². The van der Waals surface area contributed by atoms with Crippen LogP contribution < -0.4 is 5.32 Å². The second-order valence-corrected chi connectivity index (χ2v) is 3.54. The lowest BCUT2D eigenvalue weighted by Crippen LogP contribution is -2.21. The van der Waals surface area contributed by atoms with Crippen LogP contribution in [0.4, 0.5) is 20.2 Å². The van der Waals surface area contributed by atoms with E-state index in [0.717, 1.165) is 0 Å². The van der Waals surface area contributed by atoms with Crippen LogP contribution >= 0.6 is 11.6 Å². The predicted molar refractivity (Wildman–Crippen MR) is 58.2 cm³/mol. The number of nitrogens with zero attached hydrogens (tertiary/aromatic N) is 1. The number of hydrogen-bond donors (Lipinski definition) is 2. The molecule has 0 aliphatic carbocycles. The number of hydrogen-bond acceptors (Lipinski definition) is 4. The Labute approximate surface area is 100 Å². The summed E-state index contributed by atoms with van der Waals surface area (Å²) in [6, 6.07) is 1.11. The predicted octanol–water partition coefficient (Wildman–Crippen LogP) is 1.88. The van der Waals surface area contributed by atoms with Gasteiger partial charge in [0.15, 0.2) is 5.82 Å². The van der Waals surface area contributed by atoms with Gasteiger partial charge < -0.3 is 10.4 Å². The molecule has 1 aromatic carbocycles. The second kappa shape index (κ2) is 5.74. The van der Waals surface area contributed by atoms with Gasteiger partial charge in [0.1, 0.15) is 11.5 Å². The van der Waals surface area contributed by atoms with E-state index in [1.54, 1.807) is 0 Å². The van der Waals surface area contributed by atoms with Crippen molar-refractivity contribution in [2.75, 3.05) is 17.7 Å². The van der Waals surface area contributed by atoms with Crippen LogP contribution in [0.5, 0.6) is 0 Å². The van der Waals surface area contributed by atoms with E-state index >= 15 is 0 Å². The summed E-state index contributed by atoms with van der Waals surface area (Å²) in [6.07, 6.45) is -0.985. The van der Waals surface area contributed by atoms with E-state index in [-0.39, 0.29) is 12.4 Å². The summed E-state index contributed by atoms with van der Waals surface area (Å²) in [5.74, 6) is -2.25. The van der Waals surface area contributed by atoms with Gasteiger partial charge >= 0.3 is 0 Å². The van der Waals surface area contributed by atoms with E-state index in [1.165, 1.54) is 0 Å². The van der Waals surface area contributed by atoms with Crippen LogP contribution in [0, 0.1) is 21.7 Å². The Balaban J connectivity index is 3.00. The number of anilines is 1. The zero-order chi connectivity index (χ0) is 13.0. The molecule has 94 valence electrons. The lowest BCUT2D eigenvalue weighted by atomic mass is 10.2. The highest BCUT2D eigenvalue weighted by molar-refractivity contribution is 6.18. The van der Waals surface area contributed by atoms with Crippen LogP contribution in [-0.4, -0.2) is 28.6 Å². The van der Waals surface area contributed by atoms with Gasteiger partial charge in [-0.05, 0) is 0 Å².